The Bertz CT molecular complexity index is 1000. The highest BCUT2D eigenvalue weighted by Gasteiger charge is 2.29. The van der Waals surface area contributed by atoms with Crippen LogP contribution in [0.2, 0.25) is 5.02 Å². The van der Waals surface area contributed by atoms with Gasteiger partial charge in [-0.1, -0.05) is 11.6 Å². The maximum absolute atomic E-state index is 12.9. The summed E-state index contributed by atoms with van der Waals surface area (Å²) in [6, 6.07) is 10.9. The summed E-state index contributed by atoms with van der Waals surface area (Å²) >= 11 is 5.90. The van der Waals surface area contributed by atoms with Gasteiger partial charge in [-0.3, -0.25) is 14.9 Å². The predicted octanol–water partition coefficient (Wildman–Crippen LogP) is 3.88. The zero-order valence-corrected chi connectivity index (χ0v) is 18.3. The van der Waals surface area contributed by atoms with Crippen LogP contribution in [0.4, 0.5) is 16.2 Å². The molecule has 0 bridgehead atoms. The molecule has 0 spiro atoms. The van der Waals surface area contributed by atoms with E-state index in [0.29, 0.717) is 23.8 Å². The SMILES string of the molecule is CC(C)(C)OC(=O)Nc1cc(O)cc(C(=O)N2CCN(c3ccc(Cl)cc3)C(=O)C2)c1. The van der Waals surface area contributed by atoms with Crippen molar-refractivity contribution in [2.24, 2.45) is 0 Å². The molecule has 1 fully saturated rings. The Morgan fingerprint density at radius 1 is 1.10 bits per heavy atom. The molecule has 0 radical (unpaired) electrons. The number of carbonyl (C=O) groups is 3. The first-order chi connectivity index (χ1) is 14.5. The number of rotatable bonds is 3. The van der Waals surface area contributed by atoms with E-state index in [-0.39, 0.29) is 29.5 Å². The van der Waals surface area contributed by atoms with Gasteiger partial charge >= 0.3 is 6.09 Å². The van der Waals surface area contributed by atoms with E-state index in [2.05, 4.69) is 5.32 Å². The number of halogens is 1. The van der Waals surface area contributed by atoms with E-state index in [1.807, 2.05) is 0 Å². The Balaban J connectivity index is 1.70. The second-order valence-corrected chi connectivity index (χ2v) is 8.58. The Hall–Kier alpha value is -3.26. The third-order valence-corrected chi connectivity index (χ3v) is 4.71. The van der Waals surface area contributed by atoms with Crippen molar-refractivity contribution in [3.05, 3.63) is 53.1 Å². The molecule has 0 atom stereocenters. The molecule has 8 nitrogen and oxygen atoms in total. The number of phenols is 1. The second kappa shape index (κ2) is 8.85. The van der Waals surface area contributed by atoms with Crippen molar-refractivity contribution in [2.75, 3.05) is 29.9 Å². The lowest BCUT2D eigenvalue weighted by Crippen LogP contribution is -2.52. The molecule has 31 heavy (non-hydrogen) atoms. The van der Waals surface area contributed by atoms with Crippen molar-refractivity contribution in [3.8, 4) is 5.75 Å². The predicted molar refractivity (Wildman–Crippen MR) is 118 cm³/mol. The highest BCUT2D eigenvalue weighted by Crippen LogP contribution is 2.24. The quantitative estimate of drug-likeness (QED) is 0.746. The Morgan fingerprint density at radius 2 is 1.77 bits per heavy atom. The summed E-state index contributed by atoms with van der Waals surface area (Å²) in [6.45, 7) is 5.72. The van der Waals surface area contributed by atoms with Crippen molar-refractivity contribution in [3.63, 3.8) is 0 Å². The van der Waals surface area contributed by atoms with Gasteiger partial charge in [0.15, 0.2) is 0 Å². The van der Waals surface area contributed by atoms with Crippen LogP contribution >= 0.6 is 11.6 Å². The Morgan fingerprint density at radius 3 is 2.39 bits per heavy atom. The van der Waals surface area contributed by atoms with E-state index in [4.69, 9.17) is 16.3 Å². The summed E-state index contributed by atoms with van der Waals surface area (Å²) < 4.78 is 5.19. The van der Waals surface area contributed by atoms with Gasteiger partial charge in [-0.25, -0.2) is 4.79 Å². The van der Waals surface area contributed by atoms with Crippen LogP contribution in [-0.4, -0.2) is 53.1 Å². The van der Waals surface area contributed by atoms with E-state index >= 15 is 0 Å². The summed E-state index contributed by atoms with van der Waals surface area (Å²) in [7, 11) is 0. The zero-order valence-electron chi connectivity index (χ0n) is 17.5. The van der Waals surface area contributed by atoms with Crippen LogP contribution in [0.3, 0.4) is 0 Å². The molecule has 2 aromatic carbocycles. The van der Waals surface area contributed by atoms with Crippen molar-refractivity contribution < 1.29 is 24.2 Å². The van der Waals surface area contributed by atoms with E-state index in [0.717, 1.165) is 0 Å². The molecule has 0 saturated carbocycles. The van der Waals surface area contributed by atoms with E-state index in [1.165, 1.54) is 23.1 Å². The standard InChI is InChI=1S/C22H24ClN3O5/c1-22(2,3)31-21(30)24-16-10-14(11-18(27)12-16)20(29)25-8-9-26(19(28)13-25)17-6-4-15(23)5-7-17/h4-7,10-12,27H,8-9,13H2,1-3H3,(H,24,30). The smallest absolute Gasteiger partial charge is 0.412 e. The first-order valence-electron chi connectivity index (χ1n) is 9.71. The van der Waals surface area contributed by atoms with Crippen LogP contribution in [0.15, 0.2) is 42.5 Å². The second-order valence-electron chi connectivity index (χ2n) is 8.14. The third-order valence-electron chi connectivity index (χ3n) is 4.46. The maximum Gasteiger partial charge on any atom is 0.412 e. The minimum atomic E-state index is -0.705. The van der Waals surface area contributed by atoms with Gasteiger partial charge < -0.3 is 19.6 Å². The molecule has 0 aliphatic carbocycles. The van der Waals surface area contributed by atoms with Crippen LogP contribution in [0.25, 0.3) is 0 Å². The van der Waals surface area contributed by atoms with Gasteiger partial charge in [0.1, 0.15) is 17.9 Å². The molecule has 0 aromatic heterocycles. The molecule has 164 valence electrons. The summed E-state index contributed by atoms with van der Waals surface area (Å²) in [6.07, 6.45) is -0.705. The average Bonchev–Trinajstić information content (AvgIpc) is 2.66. The molecule has 0 unspecified atom stereocenters. The number of phenolic OH excluding ortho intramolecular Hbond substituents is 1. The molecule has 1 saturated heterocycles. The molecule has 2 aromatic rings. The van der Waals surface area contributed by atoms with Crippen LogP contribution in [0, 0.1) is 0 Å². The molecule has 1 heterocycles. The number of nitrogens with one attached hydrogen (secondary N) is 1. The minimum absolute atomic E-state index is 0.105. The molecule has 1 aliphatic heterocycles. The third kappa shape index (κ3) is 5.88. The number of amides is 3. The van der Waals surface area contributed by atoms with Gasteiger partial charge in [-0.15, -0.1) is 0 Å². The monoisotopic (exact) mass is 445 g/mol. The molecular weight excluding hydrogens is 422 g/mol. The molecule has 1 aliphatic rings. The van der Waals surface area contributed by atoms with Crippen molar-refractivity contribution in [1.82, 2.24) is 4.90 Å². The Labute approximate surface area is 185 Å². The van der Waals surface area contributed by atoms with Crippen molar-refractivity contribution in [1.29, 1.82) is 0 Å². The normalized spacial score (nSPS) is 14.4. The van der Waals surface area contributed by atoms with Gasteiger partial charge in [0.05, 0.1) is 0 Å². The maximum atomic E-state index is 12.9. The lowest BCUT2D eigenvalue weighted by molar-refractivity contribution is -0.120. The number of hydrogen-bond acceptors (Lipinski definition) is 5. The fraction of sp³-hybridized carbons (Fsp3) is 0.318. The molecule has 3 rings (SSSR count). The lowest BCUT2D eigenvalue weighted by atomic mass is 10.1. The Kier molecular flexibility index (Phi) is 6.40. The fourth-order valence-corrected chi connectivity index (χ4v) is 3.28. The van der Waals surface area contributed by atoms with Gasteiger partial charge in [0.25, 0.3) is 5.91 Å². The number of anilines is 2. The number of aromatic hydroxyl groups is 1. The summed E-state index contributed by atoms with van der Waals surface area (Å²) in [5, 5.41) is 13.1. The minimum Gasteiger partial charge on any atom is -0.508 e. The van der Waals surface area contributed by atoms with E-state index < -0.39 is 17.6 Å². The first kappa shape index (κ1) is 22.4. The first-order valence-corrected chi connectivity index (χ1v) is 10.1. The van der Waals surface area contributed by atoms with Crippen LogP contribution in [0.5, 0.6) is 5.75 Å². The van der Waals surface area contributed by atoms with Crippen LogP contribution in [-0.2, 0) is 9.53 Å². The number of benzene rings is 2. The zero-order chi connectivity index (χ0) is 22.8. The van der Waals surface area contributed by atoms with Crippen LogP contribution in [0.1, 0.15) is 31.1 Å². The van der Waals surface area contributed by atoms with Gasteiger partial charge in [-0.05, 0) is 57.2 Å². The van der Waals surface area contributed by atoms with Crippen molar-refractivity contribution in [2.45, 2.75) is 26.4 Å². The van der Waals surface area contributed by atoms with Crippen molar-refractivity contribution >= 4 is 40.9 Å². The lowest BCUT2D eigenvalue weighted by Gasteiger charge is -2.34. The van der Waals surface area contributed by atoms with Crippen LogP contribution < -0.4 is 10.2 Å². The summed E-state index contributed by atoms with van der Waals surface area (Å²) in [5.41, 5.74) is 0.383. The number of ether oxygens (including phenoxy) is 1. The fourth-order valence-electron chi connectivity index (χ4n) is 3.15. The van der Waals surface area contributed by atoms with Gasteiger partial charge in [0, 0.05) is 41.1 Å². The largest absolute Gasteiger partial charge is 0.508 e. The number of carbonyl (C=O) groups excluding carboxylic acids is 3. The molecule has 2 N–H and O–H groups in total. The van der Waals surface area contributed by atoms with E-state index in [1.54, 1.807) is 49.9 Å². The summed E-state index contributed by atoms with van der Waals surface area (Å²) in [5.74, 6) is -0.843. The molecule has 3 amide bonds. The summed E-state index contributed by atoms with van der Waals surface area (Å²) in [4.78, 5) is 40.5. The highest BCUT2D eigenvalue weighted by atomic mass is 35.5. The highest BCUT2D eigenvalue weighted by molar-refractivity contribution is 6.30. The van der Waals surface area contributed by atoms with E-state index in [9.17, 15) is 19.5 Å². The molecular formula is C22H24ClN3O5. The van der Waals surface area contributed by atoms with Gasteiger partial charge in [0.2, 0.25) is 5.91 Å². The number of hydrogen-bond donors (Lipinski definition) is 2. The number of nitrogens with zero attached hydrogens (tertiary/aromatic N) is 2. The van der Waals surface area contributed by atoms with Gasteiger partial charge in [-0.2, -0.15) is 0 Å². The topological polar surface area (TPSA) is 99.2 Å². The molecule has 9 heteroatoms. The number of piperazine rings is 1. The average molecular weight is 446 g/mol.